The van der Waals surface area contributed by atoms with Crippen molar-refractivity contribution in [1.29, 1.82) is 0 Å². The molecular weight excluding hydrogens is 192 g/mol. The molecule has 0 nitrogen and oxygen atoms in total. The molecule has 2 aliphatic carbocycles. The van der Waals surface area contributed by atoms with Crippen molar-refractivity contribution in [2.75, 3.05) is 0 Å². The lowest BCUT2D eigenvalue weighted by Crippen LogP contribution is -2.40. The summed E-state index contributed by atoms with van der Waals surface area (Å²) in [5, 5.41) is 0. The molecular formula is C16H30. The number of hydrogen-bond acceptors (Lipinski definition) is 0. The molecule has 2 atom stereocenters. The summed E-state index contributed by atoms with van der Waals surface area (Å²) in [6, 6.07) is 0. The molecule has 2 fully saturated rings. The lowest BCUT2D eigenvalue weighted by molar-refractivity contribution is -0.00142. The molecule has 0 saturated heterocycles. The maximum absolute atomic E-state index is 2.47. The molecule has 0 aromatic carbocycles. The highest BCUT2D eigenvalue weighted by Crippen LogP contribution is 2.54. The highest BCUT2D eigenvalue weighted by atomic mass is 14.5. The van der Waals surface area contributed by atoms with Gasteiger partial charge in [0, 0.05) is 0 Å². The lowest BCUT2D eigenvalue weighted by Gasteiger charge is -2.50. The van der Waals surface area contributed by atoms with Crippen molar-refractivity contribution in [2.45, 2.75) is 84.5 Å². The molecule has 94 valence electrons. The SMILES string of the molecule is CCC1CCCCC1(CC)C1CCCCC1. The van der Waals surface area contributed by atoms with Gasteiger partial charge in [-0.15, -0.1) is 0 Å². The van der Waals surface area contributed by atoms with Crippen LogP contribution >= 0.6 is 0 Å². The summed E-state index contributed by atoms with van der Waals surface area (Å²) in [6.45, 7) is 4.91. The zero-order chi connectivity index (χ0) is 11.4. The van der Waals surface area contributed by atoms with Crippen molar-refractivity contribution in [3.63, 3.8) is 0 Å². The Labute approximate surface area is 102 Å². The molecule has 2 unspecified atom stereocenters. The van der Waals surface area contributed by atoms with E-state index in [1.54, 1.807) is 19.3 Å². The van der Waals surface area contributed by atoms with E-state index in [2.05, 4.69) is 13.8 Å². The Kier molecular flexibility index (Phi) is 4.33. The van der Waals surface area contributed by atoms with E-state index in [4.69, 9.17) is 0 Å². The summed E-state index contributed by atoms with van der Waals surface area (Å²) in [4.78, 5) is 0. The van der Waals surface area contributed by atoms with Crippen LogP contribution in [0.5, 0.6) is 0 Å². The van der Waals surface area contributed by atoms with Crippen LogP contribution in [0.25, 0.3) is 0 Å². The minimum absolute atomic E-state index is 0.757. The van der Waals surface area contributed by atoms with Crippen molar-refractivity contribution in [2.24, 2.45) is 17.3 Å². The first-order valence-electron chi connectivity index (χ1n) is 7.83. The van der Waals surface area contributed by atoms with Crippen molar-refractivity contribution >= 4 is 0 Å². The Morgan fingerprint density at radius 2 is 1.56 bits per heavy atom. The standard InChI is InChI=1S/C16H30/c1-3-14-10-8-9-13-16(14,4-2)15-11-6-5-7-12-15/h14-15H,3-13H2,1-2H3. The molecule has 0 N–H and O–H groups in total. The minimum atomic E-state index is 0.757. The molecule has 2 rings (SSSR count). The Morgan fingerprint density at radius 1 is 0.875 bits per heavy atom. The molecule has 0 heteroatoms. The van der Waals surface area contributed by atoms with Gasteiger partial charge in [0.05, 0.1) is 0 Å². The first kappa shape index (κ1) is 12.5. The van der Waals surface area contributed by atoms with E-state index < -0.39 is 0 Å². The second-order valence-electron chi connectivity index (χ2n) is 6.27. The minimum Gasteiger partial charge on any atom is -0.0651 e. The first-order chi connectivity index (χ1) is 7.83. The lowest BCUT2D eigenvalue weighted by atomic mass is 9.55. The highest BCUT2D eigenvalue weighted by molar-refractivity contribution is 4.94. The van der Waals surface area contributed by atoms with Gasteiger partial charge in [-0.25, -0.2) is 0 Å². The monoisotopic (exact) mass is 222 g/mol. The van der Waals surface area contributed by atoms with Gasteiger partial charge < -0.3 is 0 Å². The second kappa shape index (κ2) is 5.56. The van der Waals surface area contributed by atoms with Crippen molar-refractivity contribution < 1.29 is 0 Å². The van der Waals surface area contributed by atoms with Gasteiger partial charge in [-0.2, -0.15) is 0 Å². The molecule has 0 amide bonds. The van der Waals surface area contributed by atoms with Gasteiger partial charge in [0.1, 0.15) is 0 Å². The fraction of sp³-hybridized carbons (Fsp3) is 1.00. The van der Waals surface area contributed by atoms with Crippen LogP contribution in [0.2, 0.25) is 0 Å². The summed E-state index contributed by atoms with van der Waals surface area (Å²) in [6.07, 6.45) is 16.6. The van der Waals surface area contributed by atoms with Gasteiger partial charge in [0.2, 0.25) is 0 Å². The van der Waals surface area contributed by atoms with Crippen LogP contribution in [0.15, 0.2) is 0 Å². The average molecular weight is 222 g/mol. The molecule has 0 bridgehead atoms. The zero-order valence-corrected chi connectivity index (χ0v) is 11.4. The first-order valence-corrected chi connectivity index (χ1v) is 7.83. The highest BCUT2D eigenvalue weighted by Gasteiger charge is 2.44. The normalized spacial score (nSPS) is 37.5. The van der Waals surface area contributed by atoms with E-state index in [1.807, 2.05) is 0 Å². The fourth-order valence-corrected chi connectivity index (χ4v) is 4.92. The predicted octanol–water partition coefficient (Wildman–Crippen LogP) is 5.56. The van der Waals surface area contributed by atoms with Crippen LogP contribution in [0.3, 0.4) is 0 Å². The summed E-state index contributed by atoms with van der Waals surface area (Å²) < 4.78 is 0. The number of rotatable bonds is 3. The van der Waals surface area contributed by atoms with Gasteiger partial charge in [-0.1, -0.05) is 52.4 Å². The largest absolute Gasteiger partial charge is 0.0651 e. The van der Waals surface area contributed by atoms with Crippen LogP contribution in [-0.2, 0) is 0 Å². The molecule has 0 aliphatic heterocycles. The Morgan fingerprint density at radius 3 is 2.19 bits per heavy atom. The maximum Gasteiger partial charge on any atom is -0.0244 e. The van der Waals surface area contributed by atoms with Crippen molar-refractivity contribution in [1.82, 2.24) is 0 Å². The maximum atomic E-state index is 2.47. The van der Waals surface area contributed by atoms with E-state index in [9.17, 15) is 0 Å². The van der Waals surface area contributed by atoms with Crippen molar-refractivity contribution in [3.05, 3.63) is 0 Å². The third-order valence-electron chi connectivity index (χ3n) is 5.83. The quantitative estimate of drug-likeness (QED) is 0.586. The van der Waals surface area contributed by atoms with Gasteiger partial charge in [0.15, 0.2) is 0 Å². The van der Waals surface area contributed by atoms with Crippen molar-refractivity contribution in [3.8, 4) is 0 Å². The smallest absolute Gasteiger partial charge is 0.0244 e. The topological polar surface area (TPSA) is 0 Å². The second-order valence-corrected chi connectivity index (χ2v) is 6.27. The van der Waals surface area contributed by atoms with E-state index in [0.717, 1.165) is 17.3 Å². The Hall–Kier alpha value is 0. The average Bonchev–Trinajstić information content (AvgIpc) is 2.39. The van der Waals surface area contributed by atoms with Gasteiger partial charge in [-0.3, -0.25) is 0 Å². The van der Waals surface area contributed by atoms with E-state index in [0.29, 0.717) is 0 Å². The number of hydrogen-bond donors (Lipinski definition) is 0. The predicted molar refractivity (Wildman–Crippen MR) is 71.5 cm³/mol. The van der Waals surface area contributed by atoms with E-state index in [1.165, 1.54) is 51.4 Å². The van der Waals surface area contributed by atoms with E-state index >= 15 is 0 Å². The molecule has 16 heavy (non-hydrogen) atoms. The molecule has 0 radical (unpaired) electrons. The summed E-state index contributed by atoms with van der Waals surface area (Å²) in [7, 11) is 0. The zero-order valence-electron chi connectivity index (χ0n) is 11.4. The van der Waals surface area contributed by atoms with Crippen LogP contribution < -0.4 is 0 Å². The molecule has 0 heterocycles. The van der Waals surface area contributed by atoms with Crippen LogP contribution in [0, 0.1) is 17.3 Å². The summed E-state index contributed by atoms with van der Waals surface area (Å²) in [5.74, 6) is 2.13. The van der Waals surface area contributed by atoms with Gasteiger partial charge in [0.25, 0.3) is 0 Å². The molecule has 2 saturated carbocycles. The Balaban J connectivity index is 2.13. The van der Waals surface area contributed by atoms with Crippen LogP contribution in [-0.4, -0.2) is 0 Å². The molecule has 2 aliphatic rings. The van der Waals surface area contributed by atoms with E-state index in [-0.39, 0.29) is 0 Å². The molecule has 0 aromatic rings. The van der Waals surface area contributed by atoms with Gasteiger partial charge >= 0.3 is 0 Å². The van der Waals surface area contributed by atoms with Gasteiger partial charge in [-0.05, 0) is 49.4 Å². The molecule has 0 aromatic heterocycles. The third-order valence-corrected chi connectivity index (χ3v) is 5.83. The Bertz CT molecular complexity index is 202. The molecule has 0 spiro atoms. The summed E-state index contributed by atoms with van der Waals surface area (Å²) in [5.41, 5.74) is 0.757. The van der Waals surface area contributed by atoms with Crippen LogP contribution in [0.1, 0.15) is 84.5 Å². The van der Waals surface area contributed by atoms with Crippen LogP contribution in [0.4, 0.5) is 0 Å². The summed E-state index contributed by atoms with van der Waals surface area (Å²) >= 11 is 0. The fourth-order valence-electron chi connectivity index (χ4n) is 4.92. The third kappa shape index (κ3) is 2.17.